The molecule has 0 atom stereocenters. The van der Waals surface area contributed by atoms with Gasteiger partial charge >= 0.3 is 6.18 Å². The molecule has 20 heavy (non-hydrogen) atoms. The Morgan fingerprint density at radius 2 is 1.95 bits per heavy atom. The zero-order chi connectivity index (χ0) is 15.3. The Bertz CT molecular complexity index is 433. The van der Waals surface area contributed by atoms with E-state index < -0.39 is 11.7 Å². The lowest BCUT2D eigenvalue weighted by molar-refractivity contribution is -0.137. The number of nitrogens with zero attached hydrogens (tertiary/aromatic N) is 1. The van der Waals surface area contributed by atoms with E-state index >= 15 is 0 Å². The lowest BCUT2D eigenvalue weighted by Crippen LogP contribution is -2.25. The van der Waals surface area contributed by atoms with Crippen molar-refractivity contribution in [3.05, 3.63) is 29.3 Å². The summed E-state index contributed by atoms with van der Waals surface area (Å²) in [6.45, 7) is 5.04. The number of hydrogen-bond acceptors (Lipinski definition) is 3. The van der Waals surface area contributed by atoms with Crippen molar-refractivity contribution in [3.63, 3.8) is 0 Å². The van der Waals surface area contributed by atoms with Crippen LogP contribution in [0, 0.1) is 0 Å². The maximum absolute atomic E-state index is 12.7. The van der Waals surface area contributed by atoms with E-state index in [9.17, 15) is 13.2 Å². The minimum absolute atomic E-state index is 0.0641. The fourth-order valence-corrected chi connectivity index (χ4v) is 1.84. The number of anilines is 1. The largest absolute Gasteiger partial charge is 0.416 e. The van der Waals surface area contributed by atoms with Crippen molar-refractivity contribution in [1.29, 1.82) is 0 Å². The number of nitrogens with two attached hydrogens (primary N) is 1. The molecule has 0 amide bonds. The van der Waals surface area contributed by atoms with Crippen LogP contribution in [0.4, 0.5) is 18.9 Å². The first kappa shape index (κ1) is 16.8. The molecule has 0 unspecified atom stereocenters. The second-order valence-corrected chi connectivity index (χ2v) is 4.89. The zero-order valence-corrected chi connectivity index (χ0v) is 12.0. The fraction of sp³-hybridized carbons (Fsp3) is 0.571. The van der Waals surface area contributed by atoms with Crippen molar-refractivity contribution in [2.24, 2.45) is 5.73 Å². The van der Waals surface area contributed by atoms with Gasteiger partial charge in [0.05, 0.1) is 18.3 Å². The van der Waals surface area contributed by atoms with E-state index in [1.54, 1.807) is 0 Å². The van der Waals surface area contributed by atoms with Gasteiger partial charge in [-0.25, -0.2) is 0 Å². The third-order valence-electron chi connectivity index (χ3n) is 2.92. The van der Waals surface area contributed by atoms with Gasteiger partial charge < -0.3 is 15.4 Å². The van der Waals surface area contributed by atoms with Crippen LogP contribution in [0.25, 0.3) is 0 Å². The summed E-state index contributed by atoms with van der Waals surface area (Å²) in [5.41, 5.74) is 6.06. The summed E-state index contributed by atoms with van der Waals surface area (Å²) in [6.07, 6.45) is -4.22. The molecule has 0 saturated carbocycles. The van der Waals surface area contributed by atoms with Crippen LogP contribution in [0.2, 0.25) is 0 Å². The maximum atomic E-state index is 12.7. The molecule has 0 aliphatic rings. The molecule has 0 fully saturated rings. The van der Waals surface area contributed by atoms with Crippen molar-refractivity contribution >= 4 is 5.69 Å². The Morgan fingerprint density at radius 3 is 2.45 bits per heavy atom. The summed E-state index contributed by atoms with van der Waals surface area (Å²) >= 11 is 0. The van der Waals surface area contributed by atoms with Crippen molar-refractivity contribution in [3.8, 4) is 0 Å². The molecule has 0 aliphatic carbocycles. The van der Waals surface area contributed by atoms with Crippen LogP contribution < -0.4 is 10.6 Å². The first-order valence-corrected chi connectivity index (χ1v) is 6.48. The first-order chi connectivity index (χ1) is 9.25. The Balaban J connectivity index is 2.84. The Hall–Kier alpha value is -1.27. The van der Waals surface area contributed by atoms with E-state index in [4.69, 9.17) is 10.5 Å². The highest BCUT2D eigenvalue weighted by Gasteiger charge is 2.31. The molecule has 1 rings (SSSR count). The second kappa shape index (κ2) is 6.95. The average molecular weight is 290 g/mol. The average Bonchev–Trinajstić information content (AvgIpc) is 2.36. The van der Waals surface area contributed by atoms with Crippen LogP contribution in [0.5, 0.6) is 0 Å². The Morgan fingerprint density at radius 1 is 1.30 bits per heavy atom. The van der Waals surface area contributed by atoms with Gasteiger partial charge in [-0.3, -0.25) is 0 Å². The van der Waals surface area contributed by atoms with Crippen LogP contribution in [0.3, 0.4) is 0 Å². The number of rotatable bonds is 6. The molecule has 1 aromatic rings. The van der Waals surface area contributed by atoms with Gasteiger partial charge in [0, 0.05) is 25.8 Å². The summed E-state index contributed by atoms with van der Waals surface area (Å²) in [4.78, 5) is 1.85. The fourth-order valence-electron chi connectivity index (χ4n) is 1.84. The zero-order valence-electron chi connectivity index (χ0n) is 12.0. The van der Waals surface area contributed by atoms with Crippen LogP contribution in [-0.2, 0) is 17.5 Å². The molecule has 0 bridgehead atoms. The summed E-state index contributed by atoms with van der Waals surface area (Å²) in [5, 5.41) is 0. The lowest BCUT2D eigenvalue weighted by atomic mass is 10.1. The quantitative estimate of drug-likeness (QED) is 0.875. The molecular weight excluding hydrogens is 269 g/mol. The molecule has 3 nitrogen and oxygen atoms in total. The second-order valence-electron chi connectivity index (χ2n) is 4.89. The van der Waals surface area contributed by atoms with Crippen molar-refractivity contribution in [2.75, 3.05) is 25.1 Å². The van der Waals surface area contributed by atoms with Crippen LogP contribution >= 0.6 is 0 Å². The maximum Gasteiger partial charge on any atom is 0.416 e. The number of hydrogen-bond donors (Lipinski definition) is 1. The topological polar surface area (TPSA) is 38.5 Å². The summed E-state index contributed by atoms with van der Waals surface area (Å²) < 4.78 is 43.4. The summed E-state index contributed by atoms with van der Waals surface area (Å²) in [6, 6.07) is 3.64. The predicted octanol–water partition coefficient (Wildman–Crippen LogP) is 3.03. The number of ether oxygens (including phenoxy) is 1. The molecule has 0 aliphatic heterocycles. The highest BCUT2D eigenvalue weighted by molar-refractivity contribution is 5.55. The third kappa shape index (κ3) is 4.68. The van der Waals surface area contributed by atoms with Crippen molar-refractivity contribution < 1.29 is 17.9 Å². The molecule has 6 heteroatoms. The van der Waals surface area contributed by atoms with E-state index in [2.05, 4.69) is 0 Å². The third-order valence-corrected chi connectivity index (χ3v) is 2.92. The molecule has 0 radical (unpaired) electrons. The molecule has 0 saturated heterocycles. The van der Waals surface area contributed by atoms with Crippen LogP contribution in [-0.4, -0.2) is 26.3 Å². The van der Waals surface area contributed by atoms with Crippen molar-refractivity contribution in [1.82, 2.24) is 0 Å². The number of halogens is 3. The first-order valence-electron chi connectivity index (χ1n) is 6.48. The minimum atomic E-state index is -4.35. The van der Waals surface area contributed by atoms with E-state index in [0.29, 0.717) is 24.4 Å². The molecule has 0 heterocycles. The van der Waals surface area contributed by atoms with Gasteiger partial charge in [0.25, 0.3) is 0 Å². The van der Waals surface area contributed by atoms with Crippen LogP contribution in [0.15, 0.2) is 18.2 Å². The number of alkyl halides is 3. The van der Waals surface area contributed by atoms with Gasteiger partial charge in [-0.1, -0.05) is 0 Å². The van der Waals surface area contributed by atoms with Crippen molar-refractivity contribution in [2.45, 2.75) is 32.7 Å². The summed E-state index contributed by atoms with van der Waals surface area (Å²) in [7, 11) is 1.81. The Labute approximate surface area is 117 Å². The number of benzene rings is 1. The van der Waals surface area contributed by atoms with E-state index in [1.807, 2.05) is 25.8 Å². The normalized spacial score (nSPS) is 12.0. The SMILES string of the molecule is CC(C)OCCN(C)c1ccc(C(F)(F)F)cc1CN. The van der Waals surface area contributed by atoms with E-state index in [1.165, 1.54) is 6.07 Å². The molecule has 0 spiro atoms. The van der Waals surface area contributed by atoms with Gasteiger partial charge in [0.15, 0.2) is 0 Å². The molecular formula is C14H21F3N2O. The number of likely N-dealkylation sites (N-methyl/N-ethyl adjacent to an activating group) is 1. The Kier molecular flexibility index (Phi) is 5.83. The molecule has 114 valence electrons. The standard InChI is InChI=1S/C14H21F3N2O/c1-10(2)20-7-6-19(3)13-5-4-12(14(15,16)17)8-11(13)9-18/h4-5,8,10H,6-7,9,18H2,1-3H3. The highest BCUT2D eigenvalue weighted by Crippen LogP contribution is 2.32. The monoisotopic (exact) mass is 290 g/mol. The van der Waals surface area contributed by atoms with Gasteiger partial charge in [0.1, 0.15) is 0 Å². The van der Waals surface area contributed by atoms with Gasteiger partial charge in [-0.15, -0.1) is 0 Å². The predicted molar refractivity (Wildman–Crippen MR) is 73.7 cm³/mol. The summed E-state index contributed by atoms with van der Waals surface area (Å²) in [5.74, 6) is 0. The molecule has 2 N–H and O–H groups in total. The minimum Gasteiger partial charge on any atom is -0.377 e. The van der Waals surface area contributed by atoms with Gasteiger partial charge in [-0.05, 0) is 37.6 Å². The van der Waals surface area contributed by atoms with E-state index in [0.717, 1.165) is 12.1 Å². The van der Waals surface area contributed by atoms with E-state index in [-0.39, 0.29) is 12.6 Å². The highest BCUT2D eigenvalue weighted by atomic mass is 19.4. The molecule has 0 aromatic heterocycles. The van der Waals surface area contributed by atoms with Crippen LogP contribution in [0.1, 0.15) is 25.0 Å². The van der Waals surface area contributed by atoms with Gasteiger partial charge in [-0.2, -0.15) is 13.2 Å². The smallest absolute Gasteiger partial charge is 0.377 e. The molecule has 1 aromatic carbocycles. The van der Waals surface area contributed by atoms with Gasteiger partial charge in [0.2, 0.25) is 0 Å². The lowest BCUT2D eigenvalue weighted by Gasteiger charge is -2.23.